The molecule has 0 saturated carbocycles. The van der Waals surface area contributed by atoms with Gasteiger partial charge in [0.25, 0.3) is 0 Å². The number of halogens is 3. The molecule has 188 valence electrons. The number of aromatic nitrogens is 4. The van der Waals surface area contributed by atoms with Crippen molar-refractivity contribution in [3.05, 3.63) is 58.3 Å². The second-order valence-corrected chi connectivity index (χ2v) is 11.3. The van der Waals surface area contributed by atoms with Gasteiger partial charge < -0.3 is 14.5 Å². The van der Waals surface area contributed by atoms with Gasteiger partial charge >= 0.3 is 0 Å². The first kappa shape index (κ1) is 22.4. The highest BCUT2D eigenvalue weighted by molar-refractivity contribution is 6.30. The summed E-state index contributed by atoms with van der Waals surface area (Å²) in [5.41, 5.74) is 1.46. The molecule has 8 nitrogen and oxygen atoms in total. The zero-order valence-electron chi connectivity index (χ0n) is 19.9. The fraction of sp³-hybridized carbons (Fsp3) is 0.480. The average molecular weight is 514 g/mol. The molecule has 2 aromatic heterocycles. The van der Waals surface area contributed by atoms with Crippen molar-refractivity contribution in [3.8, 4) is 5.69 Å². The van der Waals surface area contributed by atoms with Gasteiger partial charge in [0.15, 0.2) is 11.5 Å². The number of anilines is 2. The van der Waals surface area contributed by atoms with Gasteiger partial charge in [-0.05, 0) is 42.3 Å². The molecule has 1 aromatic carbocycles. The Morgan fingerprint density at radius 1 is 1.06 bits per heavy atom. The van der Waals surface area contributed by atoms with Gasteiger partial charge in [0.2, 0.25) is 5.95 Å². The van der Waals surface area contributed by atoms with Crippen molar-refractivity contribution < 1.29 is 13.5 Å². The van der Waals surface area contributed by atoms with Crippen molar-refractivity contribution >= 4 is 23.4 Å². The first-order valence-electron chi connectivity index (χ1n) is 12.1. The highest BCUT2D eigenvalue weighted by Crippen LogP contribution is 2.44. The predicted octanol–water partition coefficient (Wildman–Crippen LogP) is 3.14. The first-order chi connectivity index (χ1) is 17.3. The number of hydrogen-bond donors (Lipinski definition) is 0. The average Bonchev–Trinajstić information content (AvgIpc) is 3.09. The molecule has 0 bridgehead atoms. The van der Waals surface area contributed by atoms with Crippen LogP contribution in [0.2, 0.25) is 5.02 Å². The minimum Gasteiger partial charge on any atom is -0.375 e. The van der Waals surface area contributed by atoms with Crippen LogP contribution in [-0.4, -0.2) is 76.3 Å². The number of pyridine rings is 1. The predicted molar refractivity (Wildman–Crippen MR) is 131 cm³/mol. The Morgan fingerprint density at radius 2 is 1.83 bits per heavy atom. The minimum atomic E-state index is -1.32. The zero-order chi connectivity index (χ0) is 24.7. The number of alkyl halides is 1. The highest BCUT2D eigenvalue weighted by Gasteiger charge is 2.53. The molecule has 4 aliphatic heterocycles. The van der Waals surface area contributed by atoms with E-state index in [9.17, 15) is 8.78 Å². The maximum Gasteiger partial charge on any atom is 0.231 e. The molecule has 0 aliphatic carbocycles. The molecule has 7 rings (SSSR count). The van der Waals surface area contributed by atoms with Crippen LogP contribution in [0.4, 0.5) is 20.5 Å². The summed E-state index contributed by atoms with van der Waals surface area (Å²) in [5, 5.41) is 9.74. The number of ether oxygens (including phenoxy) is 1. The van der Waals surface area contributed by atoms with Crippen LogP contribution >= 0.6 is 11.6 Å². The normalized spacial score (nSPS) is 21.8. The van der Waals surface area contributed by atoms with Crippen LogP contribution in [0.1, 0.15) is 17.0 Å². The summed E-state index contributed by atoms with van der Waals surface area (Å²) in [4.78, 5) is 10.8. The second-order valence-electron chi connectivity index (χ2n) is 10.8. The molecule has 0 radical (unpaired) electrons. The molecule has 11 heteroatoms. The molecule has 1 spiro atoms. The smallest absolute Gasteiger partial charge is 0.231 e. The van der Waals surface area contributed by atoms with Crippen LogP contribution < -0.4 is 9.80 Å². The summed E-state index contributed by atoms with van der Waals surface area (Å²) < 4.78 is 35.7. The molecule has 0 atom stereocenters. The van der Waals surface area contributed by atoms with Gasteiger partial charge in [0.1, 0.15) is 11.6 Å². The fourth-order valence-electron chi connectivity index (χ4n) is 5.91. The van der Waals surface area contributed by atoms with Crippen LogP contribution in [0.15, 0.2) is 30.5 Å². The molecular formula is C25H26ClF2N7O. The topological polar surface area (TPSA) is 62.6 Å². The maximum absolute atomic E-state index is 14.9. The number of benzene rings is 1. The van der Waals surface area contributed by atoms with E-state index in [0.717, 1.165) is 55.0 Å². The molecule has 36 heavy (non-hydrogen) atoms. The zero-order valence-corrected chi connectivity index (χ0v) is 20.7. The van der Waals surface area contributed by atoms with E-state index in [1.165, 1.54) is 6.20 Å². The third kappa shape index (κ3) is 3.57. The van der Waals surface area contributed by atoms with Crippen molar-refractivity contribution in [3.63, 3.8) is 0 Å². The Bertz CT molecular complexity index is 1350. The molecular weight excluding hydrogens is 488 g/mol. The summed E-state index contributed by atoms with van der Waals surface area (Å²) in [6.07, 6.45) is 1.30. The largest absolute Gasteiger partial charge is 0.375 e. The van der Waals surface area contributed by atoms with Gasteiger partial charge in [0, 0.05) is 49.7 Å². The molecule has 3 fully saturated rings. The van der Waals surface area contributed by atoms with Crippen LogP contribution in [-0.2, 0) is 17.8 Å². The van der Waals surface area contributed by atoms with Crippen LogP contribution in [0.3, 0.4) is 0 Å². The van der Waals surface area contributed by atoms with Crippen molar-refractivity contribution in [2.24, 2.45) is 5.41 Å². The van der Waals surface area contributed by atoms with Crippen LogP contribution in [0.5, 0.6) is 0 Å². The van der Waals surface area contributed by atoms with Crippen LogP contribution in [0, 0.1) is 18.2 Å². The molecule has 3 aromatic rings. The van der Waals surface area contributed by atoms with Gasteiger partial charge in [-0.2, -0.15) is 0 Å². The number of fused-ring (bicyclic) bond motifs is 3. The summed E-state index contributed by atoms with van der Waals surface area (Å²) in [6, 6.07) is 7.63. The Kier molecular flexibility index (Phi) is 4.87. The lowest BCUT2D eigenvalue weighted by Gasteiger charge is -2.60. The molecule has 4 aliphatic rings. The third-order valence-corrected chi connectivity index (χ3v) is 7.96. The van der Waals surface area contributed by atoms with Crippen molar-refractivity contribution in [2.75, 3.05) is 55.7 Å². The van der Waals surface area contributed by atoms with E-state index < -0.39 is 5.67 Å². The molecule has 0 N–H and O–H groups in total. The number of aryl methyl sites for hydroxylation is 1. The van der Waals surface area contributed by atoms with Gasteiger partial charge in [-0.15, -0.1) is 10.2 Å². The maximum atomic E-state index is 14.9. The summed E-state index contributed by atoms with van der Waals surface area (Å²) >= 11 is 6.34. The fourth-order valence-corrected chi connectivity index (χ4v) is 6.11. The third-order valence-electron chi connectivity index (χ3n) is 7.73. The Hall–Kier alpha value is -2.82. The Morgan fingerprint density at radius 3 is 2.56 bits per heavy atom. The van der Waals surface area contributed by atoms with E-state index in [2.05, 4.69) is 34.4 Å². The lowest BCUT2D eigenvalue weighted by atomic mass is 9.73. The van der Waals surface area contributed by atoms with Crippen molar-refractivity contribution in [2.45, 2.75) is 25.7 Å². The van der Waals surface area contributed by atoms with E-state index in [4.69, 9.17) is 16.3 Å². The Labute approximate surface area is 212 Å². The van der Waals surface area contributed by atoms with E-state index in [1.807, 2.05) is 24.3 Å². The van der Waals surface area contributed by atoms with Gasteiger partial charge in [0.05, 0.1) is 31.6 Å². The number of nitrogens with zero attached hydrogens (tertiary/aromatic N) is 7. The highest BCUT2D eigenvalue weighted by atomic mass is 35.5. The lowest BCUT2D eigenvalue weighted by Crippen LogP contribution is -2.73. The first-order valence-corrected chi connectivity index (χ1v) is 12.5. The molecule has 6 heterocycles. The molecule has 3 saturated heterocycles. The van der Waals surface area contributed by atoms with E-state index in [-0.39, 0.29) is 31.0 Å². The monoisotopic (exact) mass is 513 g/mol. The van der Waals surface area contributed by atoms with E-state index in [0.29, 0.717) is 23.7 Å². The quantitative estimate of drug-likeness (QED) is 0.531. The van der Waals surface area contributed by atoms with E-state index in [1.54, 1.807) is 6.92 Å². The second kappa shape index (κ2) is 7.84. The molecule has 0 amide bonds. The SMILES string of the molecule is Cc1cc(N2CC3(C2)CN(c2nnc4n2-c2ccc(Cl)cc2CN(CC2(F)COC2)C4)C3)ncc1F. The lowest BCUT2D eigenvalue weighted by molar-refractivity contribution is -0.142. The minimum absolute atomic E-state index is 0.129. The standard InChI is InChI=1S/C25H26ClF2N7O/c1-16-4-21(29-6-19(16)27)33-9-24(10-33)11-34(12-24)23-31-30-22-8-32(13-25(28)14-36-15-25)7-17-5-18(26)2-3-20(17)35(22)23/h2-6H,7-15H2,1H3. The van der Waals surface area contributed by atoms with Crippen molar-refractivity contribution in [1.29, 1.82) is 0 Å². The summed E-state index contributed by atoms with van der Waals surface area (Å²) in [7, 11) is 0. The number of hydrogen-bond acceptors (Lipinski definition) is 7. The van der Waals surface area contributed by atoms with E-state index >= 15 is 0 Å². The number of rotatable bonds is 4. The summed E-state index contributed by atoms with van der Waals surface area (Å²) in [5.74, 6) is 2.14. The Balaban J connectivity index is 1.12. The van der Waals surface area contributed by atoms with Gasteiger partial charge in [-0.25, -0.2) is 13.8 Å². The molecule has 0 unspecified atom stereocenters. The van der Waals surface area contributed by atoms with Gasteiger partial charge in [-0.3, -0.25) is 9.47 Å². The van der Waals surface area contributed by atoms with Crippen molar-refractivity contribution in [1.82, 2.24) is 24.6 Å². The summed E-state index contributed by atoms with van der Waals surface area (Å²) in [6.45, 7) is 6.84. The van der Waals surface area contributed by atoms with Gasteiger partial charge in [-0.1, -0.05) is 11.6 Å². The van der Waals surface area contributed by atoms with Crippen LogP contribution in [0.25, 0.3) is 5.69 Å².